The molecule has 1 atom stereocenters. The maximum Gasteiger partial charge on any atom is 0.327 e. The number of nitrogens with zero attached hydrogens (tertiary/aromatic N) is 1. The molecule has 0 heterocycles. The van der Waals surface area contributed by atoms with Crippen LogP contribution in [0.5, 0.6) is 0 Å². The van der Waals surface area contributed by atoms with Crippen LogP contribution >= 0.6 is 0 Å². The number of methoxy groups -OCH3 is 1. The van der Waals surface area contributed by atoms with Gasteiger partial charge in [0.2, 0.25) is 0 Å². The van der Waals surface area contributed by atoms with Crippen LogP contribution in [-0.2, 0) is 9.53 Å². The van der Waals surface area contributed by atoms with Crippen molar-refractivity contribution in [1.29, 1.82) is 5.26 Å². The molecule has 4 nitrogen and oxygen atoms in total. The van der Waals surface area contributed by atoms with Crippen LogP contribution in [0.2, 0.25) is 0 Å². The first-order valence-electron chi connectivity index (χ1n) is 5.04. The minimum Gasteiger partial charge on any atom is -0.467 e. The molecule has 0 aromatic heterocycles. The zero-order chi connectivity index (χ0) is 13.0. The number of benzene rings is 1. The summed E-state index contributed by atoms with van der Waals surface area (Å²) >= 11 is 0. The van der Waals surface area contributed by atoms with E-state index in [1.807, 2.05) is 6.07 Å². The van der Waals surface area contributed by atoms with Gasteiger partial charge in [-0.1, -0.05) is 0 Å². The first-order chi connectivity index (χ1) is 7.99. The molecule has 0 saturated carbocycles. The SMILES string of the molecule is COC(=O)C(C)Nc1cc(C#N)cc(F)c1C. The fourth-order valence-corrected chi connectivity index (χ4v) is 1.36. The van der Waals surface area contributed by atoms with Gasteiger partial charge in [0.05, 0.1) is 18.7 Å². The maximum absolute atomic E-state index is 13.5. The minimum absolute atomic E-state index is 0.202. The van der Waals surface area contributed by atoms with Crippen molar-refractivity contribution >= 4 is 11.7 Å². The van der Waals surface area contributed by atoms with Gasteiger partial charge in [0.15, 0.2) is 0 Å². The zero-order valence-electron chi connectivity index (χ0n) is 9.87. The van der Waals surface area contributed by atoms with E-state index in [0.717, 1.165) is 6.07 Å². The Hall–Kier alpha value is -2.09. The number of hydrogen-bond donors (Lipinski definition) is 1. The summed E-state index contributed by atoms with van der Waals surface area (Å²) in [5.41, 5.74) is 0.979. The molecule has 1 aromatic rings. The third-order valence-corrected chi connectivity index (χ3v) is 2.40. The molecule has 5 heteroatoms. The molecule has 0 radical (unpaired) electrons. The van der Waals surface area contributed by atoms with Crippen LogP contribution < -0.4 is 5.32 Å². The van der Waals surface area contributed by atoms with Gasteiger partial charge >= 0.3 is 5.97 Å². The molecule has 0 spiro atoms. The summed E-state index contributed by atoms with van der Waals surface area (Å²) < 4.78 is 18.0. The lowest BCUT2D eigenvalue weighted by molar-refractivity contribution is -0.141. The quantitative estimate of drug-likeness (QED) is 0.815. The van der Waals surface area contributed by atoms with Crippen LogP contribution in [0.3, 0.4) is 0 Å². The Morgan fingerprint density at radius 3 is 2.76 bits per heavy atom. The Morgan fingerprint density at radius 2 is 2.24 bits per heavy atom. The lowest BCUT2D eigenvalue weighted by Gasteiger charge is -2.15. The highest BCUT2D eigenvalue weighted by Gasteiger charge is 2.15. The number of carbonyl (C=O) groups excluding carboxylic acids is 1. The van der Waals surface area contributed by atoms with Gasteiger partial charge in [0.1, 0.15) is 11.9 Å². The predicted molar refractivity (Wildman–Crippen MR) is 61.0 cm³/mol. The van der Waals surface area contributed by atoms with Crippen molar-refractivity contribution in [1.82, 2.24) is 0 Å². The highest BCUT2D eigenvalue weighted by Crippen LogP contribution is 2.21. The molecular formula is C12H13FN2O2. The van der Waals surface area contributed by atoms with Crippen molar-refractivity contribution in [3.05, 3.63) is 29.1 Å². The van der Waals surface area contributed by atoms with Gasteiger partial charge in [0, 0.05) is 11.3 Å². The van der Waals surface area contributed by atoms with Gasteiger partial charge in [-0.25, -0.2) is 9.18 Å². The minimum atomic E-state index is -0.605. The van der Waals surface area contributed by atoms with Gasteiger partial charge < -0.3 is 10.1 Å². The second-order valence-corrected chi connectivity index (χ2v) is 3.63. The molecule has 1 N–H and O–H groups in total. The van der Waals surface area contributed by atoms with Gasteiger partial charge in [0.25, 0.3) is 0 Å². The fraction of sp³-hybridized carbons (Fsp3) is 0.333. The summed E-state index contributed by atoms with van der Waals surface area (Å²) in [6, 6.07) is 3.91. The molecule has 0 saturated heterocycles. The molecule has 90 valence electrons. The Bertz CT molecular complexity index is 480. The summed E-state index contributed by atoms with van der Waals surface area (Å²) in [4.78, 5) is 11.2. The molecule has 0 fully saturated rings. The molecule has 17 heavy (non-hydrogen) atoms. The lowest BCUT2D eigenvalue weighted by atomic mass is 10.1. The van der Waals surface area contributed by atoms with Crippen LogP contribution in [0.25, 0.3) is 0 Å². The van der Waals surface area contributed by atoms with Crippen LogP contribution in [-0.4, -0.2) is 19.1 Å². The number of hydrogen-bond acceptors (Lipinski definition) is 4. The van der Waals surface area contributed by atoms with Gasteiger partial charge in [-0.2, -0.15) is 5.26 Å². The van der Waals surface area contributed by atoms with E-state index in [4.69, 9.17) is 5.26 Å². The maximum atomic E-state index is 13.5. The van der Waals surface area contributed by atoms with E-state index < -0.39 is 17.8 Å². The van der Waals surface area contributed by atoms with Crippen LogP contribution in [0.15, 0.2) is 12.1 Å². The summed E-state index contributed by atoms with van der Waals surface area (Å²) in [6.45, 7) is 3.17. The fourth-order valence-electron chi connectivity index (χ4n) is 1.36. The Labute approximate surface area is 99.0 Å². The van der Waals surface area contributed by atoms with E-state index >= 15 is 0 Å². The van der Waals surface area contributed by atoms with E-state index in [2.05, 4.69) is 10.1 Å². The topological polar surface area (TPSA) is 62.1 Å². The number of halogens is 1. The Kier molecular flexibility index (Phi) is 4.05. The second-order valence-electron chi connectivity index (χ2n) is 3.63. The Balaban J connectivity index is 3.02. The number of anilines is 1. The summed E-state index contributed by atoms with van der Waals surface area (Å²) in [5, 5.41) is 11.5. The molecule has 0 bridgehead atoms. The molecule has 0 aliphatic heterocycles. The van der Waals surface area contributed by atoms with Crippen molar-refractivity contribution < 1.29 is 13.9 Å². The lowest BCUT2D eigenvalue weighted by Crippen LogP contribution is -2.27. The molecule has 0 aliphatic rings. The smallest absolute Gasteiger partial charge is 0.327 e. The number of carbonyl (C=O) groups is 1. The molecular weight excluding hydrogens is 223 g/mol. The van der Waals surface area contributed by atoms with E-state index in [-0.39, 0.29) is 5.56 Å². The molecule has 1 rings (SSSR count). The van der Waals surface area contributed by atoms with Crippen LogP contribution in [0.4, 0.5) is 10.1 Å². The van der Waals surface area contributed by atoms with Crippen LogP contribution in [0, 0.1) is 24.1 Å². The first-order valence-corrected chi connectivity index (χ1v) is 5.04. The van der Waals surface area contributed by atoms with E-state index in [1.165, 1.54) is 13.2 Å². The van der Waals surface area contributed by atoms with E-state index in [0.29, 0.717) is 11.3 Å². The highest BCUT2D eigenvalue weighted by molar-refractivity contribution is 5.79. The Morgan fingerprint density at radius 1 is 1.59 bits per heavy atom. The second kappa shape index (κ2) is 5.30. The summed E-state index contributed by atoms with van der Waals surface area (Å²) in [6.07, 6.45) is 0. The average Bonchev–Trinajstić information content (AvgIpc) is 2.33. The van der Waals surface area contributed by atoms with E-state index in [9.17, 15) is 9.18 Å². The number of ether oxygens (including phenoxy) is 1. The van der Waals surface area contributed by atoms with Gasteiger partial charge in [-0.15, -0.1) is 0 Å². The summed E-state index contributed by atoms with van der Waals surface area (Å²) in [7, 11) is 1.28. The monoisotopic (exact) mass is 236 g/mol. The van der Waals surface area contributed by atoms with Gasteiger partial charge in [-0.05, 0) is 26.0 Å². The van der Waals surface area contributed by atoms with Gasteiger partial charge in [-0.3, -0.25) is 0 Å². The molecule has 0 aliphatic carbocycles. The standard InChI is InChI=1S/C12H13FN2O2/c1-7-10(13)4-9(6-14)5-11(7)15-8(2)12(16)17-3/h4-5,8,15H,1-3H3. The van der Waals surface area contributed by atoms with E-state index in [1.54, 1.807) is 13.8 Å². The van der Waals surface area contributed by atoms with Crippen molar-refractivity contribution in [3.63, 3.8) is 0 Å². The van der Waals surface area contributed by atoms with Crippen molar-refractivity contribution in [2.24, 2.45) is 0 Å². The molecule has 1 aromatic carbocycles. The van der Waals surface area contributed by atoms with Crippen LogP contribution in [0.1, 0.15) is 18.1 Å². The molecule has 0 amide bonds. The van der Waals surface area contributed by atoms with Crippen molar-refractivity contribution in [3.8, 4) is 6.07 Å². The molecule has 1 unspecified atom stereocenters. The normalized spacial score (nSPS) is 11.5. The number of rotatable bonds is 3. The van der Waals surface area contributed by atoms with Crippen molar-refractivity contribution in [2.45, 2.75) is 19.9 Å². The third-order valence-electron chi connectivity index (χ3n) is 2.40. The predicted octanol–water partition coefficient (Wildman–Crippen LogP) is 1.98. The number of nitrogens with one attached hydrogen (secondary N) is 1. The largest absolute Gasteiger partial charge is 0.467 e. The third kappa shape index (κ3) is 2.94. The zero-order valence-corrected chi connectivity index (χ0v) is 9.87. The average molecular weight is 236 g/mol. The number of esters is 1. The number of nitriles is 1. The highest BCUT2D eigenvalue weighted by atomic mass is 19.1. The summed E-state index contributed by atoms with van der Waals surface area (Å²) in [5.74, 6) is -0.934. The first kappa shape index (κ1) is 13.0. The van der Waals surface area contributed by atoms with Crippen molar-refractivity contribution in [2.75, 3.05) is 12.4 Å².